The van der Waals surface area contributed by atoms with Crippen molar-refractivity contribution in [1.29, 1.82) is 0 Å². The van der Waals surface area contributed by atoms with Gasteiger partial charge in [0.1, 0.15) is 5.52 Å². The van der Waals surface area contributed by atoms with Gasteiger partial charge in [-0.3, -0.25) is 0 Å². The average molecular weight is 257 g/mol. The predicted octanol–water partition coefficient (Wildman–Crippen LogP) is 1.92. The predicted molar refractivity (Wildman–Crippen MR) is 76.1 cm³/mol. The van der Waals surface area contributed by atoms with Crippen LogP contribution in [-0.2, 0) is 0 Å². The third-order valence-corrected chi connectivity index (χ3v) is 4.17. The Kier molecular flexibility index (Phi) is 3.06. The maximum absolute atomic E-state index is 4.49. The molecular weight excluding hydrogens is 238 g/mol. The molecule has 0 spiro atoms. The highest BCUT2D eigenvalue weighted by Crippen LogP contribution is 2.35. The standard InChI is InChI=1S/C14H19N5/c1-19(2)14(8-5-9-14)10-15-13-16-11-6-3-4-7-12(11)17-18-13/h3-4,6-7H,5,8-10H2,1-2H3,(H,15,16,18). The summed E-state index contributed by atoms with van der Waals surface area (Å²) in [7, 11) is 4.28. The lowest BCUT2D eigenvalue weighted by Gasteiger charge is -2.47. The molecule has 1 aromatic heterocycles. The van der Waals surface area contributed by atoms with E-state index in [0.717, 1.165) is 17.6 Å². The fourth-order valence-electron chi connectivity index (χ4n) is 2.57. The average Bonchev–Trinajstić information content (AvgIpc) is 2.37. The molecule has 0 saturated heterocycles. The molecule has 0 aliphatic heterocycles. The fourth-order valence-corrected chi connectivity index (χ4v) is 2.57. The van der Waals surface area contributed by atoms with Crippen LogP contribution in [0.4, 0.5) is 5.95 Å². The number of hydrogen-bond donors (Lipinski definition) is 1. The third-order valence-electron chi connectivity index (χ3n) is 4.17. The summed E-state index contributed by atoms with van der Waals surface area (Å²) in [6.45, 7) is 0.875. The van der Waals surface area contributed by atoms with Crippen molar-refractivity contribution in [1.82, 2.24) is 20.1 Å². The summed E-state index contributed by atoms with van der Waals surface area (Å²) < 4.78 is 0. The van der Waals surface area contributed by atoms with Crippen molar-refractivity contribution in [2.75, 3.05) is 26.0 Å². The Bertz CT molecular complexity index is 577. The number of nitrogens with one attached hydrogen (secondary N) is 1. The van der Waals surface area contributed by atoms with Crippen LogP contribution in [-0.4, -0.2) is 46.3 Å². The summed E-state index contributed by atoms with van der Waals surface area (Å²) in [4.78, 5) is 6.80. The number of likely N-dealkylation sites (N-methyl/N-ethyl adjacent to an activating group) is 1. The normalized spacial score (nSPS) is 17.4. The molecule has 2 aromatic rings. The summed E-state index contributed by atoms with van der Waals surface area (Å²) in [5, 5.41) is 11.7. The van der Waals surface area contributed by atoms with Crippen LogP contribution < -0.4 is 5.32 Å². The maximum Gasteiger partial charge on any atom is 0.243 e. The molecule has 3 rings (SSSR count). The van der Waals surface area contributed by atoms with E-state index >= 15 is 0 Å². The summed E-state index contributed by atoms with van der Waals surface area (Å²) in [5.74, 6) is 0.617. The lowest BCUT2D eigenvalue weighted by molar-refractivity contribution is 0.0737. The fraction of sp³-hybridized carbons (Fsp3) is 0.500. The number of nitrogens with zero attached hydrogens (tertiary/aromatic N) is 4. The molecule has 0 amide bonds. The summed E-state index contributed by atoms with van der Waals surface area (Å²) in [5.41, 5.74) is 1.97. The van der Waals surface area contributed by atoms with Crippen LogP contribution >= 0.6 is 0 Å². The minimum absolute atomic E-state index is 0.259. The van der Waals surface area contributed by atoms with E-state index in [0.29, 0.717) is 5.95 Å². The van der Waals surface area contributed by atoms with E-state index in [1.54, 1.807) is 0 Å². The van der Waals surface area contributed by atoms with Crippen molar-refractivity contribution in [2.24, 2.45) is 0 Å². The topological polar surface area (TPSA) is 53.9 Å². The van der Waals surface area contributed by atoms with Gasteiger partial charge in [0.2, 0.25) is 5.95 Å². The lowest BCUT2D eigenvalue weighted by Crippen LogP contribution is -2.54. The molecule has 0 radical (unpaired) electrons. The van der Waals surface area contributed by atoms with Gasteiger partial charge in [-0.25, -0.2) is 4.98 Å². The zero-order chi connectivity index (χ0) is 13.3. The second-order valence-corrected chi connectivity index (χ2v) is 5.45. The van der Waals surface area contributed by atoms with Gasteiger partial charge >= 0.3 is 0 Å². The molecule has 5 nitrogen and oxygen atoms in total. The first-order chi connectivity index (χ1) is 9.20. The van der Waals surface area contributed by atoms with Crippen molar-refractivity contribution in [3.05, 3.63) is 24.3 Å². The second kappa shape index (κ2) is 4.74. The van der Waals surface area contributed by atoms with Gasteiger partial charge in [-0.2, -0.15) is 0 Å². The second-order valence-electron chi connectivity index (χ2n) is 5.45. The van der Waals surface area contributed by atoms with Gasteiger partial charge in [-0.15, -0.1) is 10.2 Å². The SMILES string of the molecule is CN(C)C1(CNc2nnc3ccccc3n2)CCC1. The first kappa shape index (κ1) is 12.3. The van der Waals surface area contributed by atoms with Crippen LogP contribution in [0.3, 0.4) is 0 Å². The first-order valence-corrected chi connectivity index (χ1v) is 6.70. The minimum atomic E-state index is 0.259. The minimum Gasteiger partial charge on any atom is -0.351 e. The number of hydrogen-bond acceptors (Lipinski definition) is 5. The maximum atomic E-state index is 4.49. The number of aromatic nitrogens is 3. The van der Waals surface area contributed by atoms with Gasteiger partial charge in [0.15, 0.2) is 0 Å². The van der Waals surface area contributed by atoms with Crippen LogP contribution in [0.15, 0.2) is 24.3 Å². The van der Waals surface area contributed by atoms with Crippen LogP contribution in [0, 0.1) is 0 Å². The van der Waals surface area contributed by atoms with Gasteiger partial charge in [0.25, 0.3) is 0 Å². The van der Waals surface area contributed by atoms with E-state index < -0.39 is 0 Å². The molecule has 1 fully saturated rings. The Hall–Kier alpha value is -1.75. The van der Waals surface area contributed by atoms with Crippen molar-refractivity contribution in [2.45, 2.75) is 24.8 Å². The molecule has 19 heavy (non-hydrogen) atoms. The van der Waals surface area contributed by atoms with E-state index in [4.69, 9.17) is 0 Å². The number of rotatable bonds is 4. The molecule has 1 N–H and O–H groups in total. The van der Waals surface area contributed by atoms with Crippen LogP contribution in [0.1, 0.15) is 19.3 Å². The smallest absolute Gasteiger partial charge is 0.243 e. The Balaban J connectivity index is 1.75. The molecule has 1 aliphatic carbocycles. The molecule has 0 atom stereocenters. The zero-order valence-electron chi connectivity index (χ0n) is 11.4. The number of fused-ring (bicyclic) bond motifs is 1. The van der Waals surface area contributed by atoms with E-state index in [-0.39, 0.29) is 5.54 Å². The Morgan fingerprint density at radius 1 is 1.16 bits per heavy atom. The summed E-state index contributed by atoms with van der Waals surface area (Å²) in [6.07, 6.45) is 3.76. The van der Waals surface area contributed by atoms with Gasteiger partial charge < -0.3 is 10.2 Å². The number of benzene rings is 1. The summed E-state index contributed by atoms with van der Waals surface area (Å²) in [6, 6.07) is 7.79. The van der Waals surface area contributed by atoms with Crippen molar-refractivity contribution < 1.29 is 0 Å². The molecule has 1 saturated carbocycles. The molecule has 0 bridgehead atoms. The Morgan fingerprint density at radius 3 is 2.53 bits per heavy atom. The van der Waals surface area contributed by atoms with Crippen molar-refractivity contribution in [3.63, 3.8) is 0 Å². The number of anilines is 1. The van der Waals surface area contributed by atoms with Crippen molar-refractivity contribution in [3.8, 4) is 0 Å². The molecule has 5 heteroatoms. The molecule has 100 valence electrons. The van der Waals surface area contributed by atoms with Crippen LogP contribution in [0.25, 0.3) is 11.0 Å². The van der Waals surface area contributed by atoms with E-state index in [9.17, 15) is 0 Å². The largest absolute Gasteiger partial charge is 0.351 e. The zero-order valence-corrected chi connectivity index (χ0v) is 11.4. The monoisotopic (exact) mass is 257 g/mol. The molecule has 1 heterocycles. The van der Waals surface area contributed by atoms with Gasteiger partial charge in [0.05, 0.1) is 5.52 Å². The Labute approximate surface area is 113 Å². The van der Waals surface area contributed by atoms with E-state index in [1.807, 2.05) is 24.3 Å². The molecule has 0 unspecified atom stereocenters. The van der Waals surface area contributed by atoms with E-state index in [1.165, 1.54) is 19.3 Å². The molecule has 1 aromatic carbocycles. The lowest BCUT2D eigenvalue weighted by atomic mass is 9.75. The van der Waals surface area contributed by atoms with Gasteiger partial charge in [-0.1, -0.05) is 12.1 Å². The van der Waals surface area contributed by atoms with Crippen LogP contribution in [0.5, 0.6) is 0 Å². The van der Waals surface area contributed by atoms with Crippen LogP contribution in [0.2, 0.25) is 0 Å². The Morgan fingerprint density at radius 2 is 1.89 bits per heavy atom. The molecular formula is C14H19N5. The van der Waals surface area contributed by atoms with Gasteiger partial charge in [-0.05, 0) is 45.5 Å². The first-order valence-electron chi connectivity index (χ1n) is 6.70. The van der Waals surface area contributed by atoms with Crippen molar-refractivity contribution >= 4 is 17.0 Å². The molecule has 1 aliphatic rings. The highest BCUT2D eigenvalue weighted by molar-refractivity contribution is 5.74. The summed E-state index contributed by atoms with van der Waals surface area (Å²) >= 11 is 0. The highest BCUT2D eigenvalue weighted by atomic mass is 15.3. The number of para-hydroxylation sites is 1. The van der Waals surface area contributed by atoms with E-state index in [2.05, 4.69) is 39.5 Å². The van der Waals surface area contributed by atoms with Gasteiger partial charge in [0, 0.05) is 12.1 Å². The third kappa shape index (κ3) is 2.26. The highest BCUT2D eigenvalue weighted by Gasteiger charge is 2.38. The quantitative estimate of drug-likeness (QED) is 0.907.